The highest BCUT2D eigenvalue weighted by Gasteiger charge is 2.65. The van der Waals surface area contributed by atoms with Gasteiger partial charge in [-0.05, 0) is 30.5 Å². The molecule has 0 saturated heterocycles. The highest BCUT2D eigenvalue weighted by Crippen LogP contribution is 2.64. The molecule has 0 radical (unpaired) electrons. The molecule has 140 valence electrons. The molecule has 0 bridgehead atoms. The van der Waals surface area contributed by atoms with Gasteiger partial charge in [-0.2, -0.15) is 0 Å². The summed E-state index contributed by atoms with van der Waals surface area (Å²) < 4.78 is 0. The zero-order chi connectivity index (χ0) is 19.0. The fraction of sp³-hybridized carbons (Fsp3) is 0.364. The predicted molar refractivity (Wildman–Crippen MR) is 103 cm³/mol. The van der Waals surface area contributed by atoms with Gasteiger partial charge in [0.1, 0.15) is 6.54 Å². The van der Waals surface area contributed by atoms with Gasteiger partial charge in [-0.1, -0.05) is 48.5 Å². The number of para-hydroxylation sites is 1. The Morgan fingerprint density at radius 3 is 2.59 bits per heavy atom. The normalized spacial score (nSPS) is 22.8. The van der Waals surface area contributed by atoms with E-state index in [-0.39, 0.29) is 30.9 Å². The molecule has 2 aromatic carbocycles. The summed E-state index contributed by atoms with van der Waals surface area (Å²) in [7, 11) is 0. The van der Waals surface area contributed by atoms with Crippen molar-refractivity contribution in [1.29, 1.82) is 0 Å². The smallest absolute Gasteiger partial charge is 0.242 e. The molecule has 0 aromatic heterocycles. The van der Waals surface area contributed by atoms with E-state index < -0.39 is 5.41 Å². The van der Waals surface area contributed by atoms with Crippen LogP contribution in [0.5, 0.6) is 0 Å². The van der Waals surface area contributed by atoms with Gasteiger partial charge in [0.25, 0.3) is 0 Å². The van der Waals surface area contributed by atoms with E-state index in [1.165, 1.54) is 0 Å². The van der Waals surface area contributed by atoms with E-state index >= 15 is 0 Å². The summed E-state index contributed by atoms with van der Waals surface area (Å²) in [5, 5.41) is 9.85. The van der Waals surface area contributed by atoms with Gasteiger partial charge in [0.05, 0.1) is 12.0 Å². The minimum Gasteiger partial charge on any atom is -0.395 e. The highest BCUT2D eigenvalue weighted by atomic mass is 16.3. The number of hydrogen-bond donors (Lipinski definition) is 1. The van der Waals surface area contributed by atoms with Crippen LogP contribution in [0.25, 0.3) is 0 Å². The maximum atomic E-state index is 13.1. The Bertz CT molecular complexity index is 867. The van der Waals surface area contributed by atoms with Crippen molar-refractivity contribution in [1.82, 2.24) is 4.90 Å². The fourth-order valence-electron chi connectivity index (χ4n) is 4.17. The summed E-state index contributed by atoms with van der Waals surface area (Å²) in [6.07, 6.45) is 0.658. The Labute approximate surface area is 159 Å². The number of rotatable bonds is 6. The number of carbonyl (C=O) groups is 2. The maximum Gasteiger partial charge on any atom is 0.242 e. The second kappa shape index (κ2) is 6.82. The summed E-state index contributed by atoms with van der Waals surface area (Å²) >= 11 is 0. The molecule has 1 aliphatic carbocycles. The number of aliphatic hydroxyl groups is 1. The summed E-state index contributed by atoms with van der Waals surface area (Å²) in [6.45, 7) is 2.87. The molecule has 5 heteroatoms. The van der Waals surface area contributed by atoms with Crippen molar-refractivity contribution in [2.24, 2.45) is 5.41 Å². The van der Waals surface area contributed by atoms with Crippen LogP contribution in [0.4, 0.5) is 5.69 Å². The lowest BCUT2D eigenvalue weighted by Gasteiger charge is -2.34. The third kappa shape index (κ3) is 2.92. The molecule has 0 unspecified atom stereocenters. The lowest BCUT2D eigenvalue weighted by Crippen LogP contribution is -2.48. The first-order valence-corrected chi connectivity index (χ1v) is 9.44. The number of amides is 2. The topological polar surface area (TPSA) is 60.9 Å². The Morgan fingerprint density at radius 2 is 1.89 bits per heavy atom. The number of hydrogen-bond acceptors (Lipinski definition) is 3. The number of anilines is 1. The summed E-state index contributed by atoms with van der Waals surface area (Å²) in [4.78, 5) is 29.4. The van der Waals surface area contributed by atoms with Gasteiger partial charge < -0.3 is 14.9 Å². The standard InChI is InChI=1S/C22H24N2O3/c1-2-23(13-16-8-4-3-5-9-16)20(26)14-24-19-11-7-6-10-17(19)18-12-22(18,15-25)21(24)27/h3-11,18,25H,2,12-15H2,1H3/t18-,22+/m0/s1. The van der Waals surface area contributed by atoms with Crippen molar-refractivity contribution in [3.8, 4) is 0 Å². The molecule has 2 aromatic rings. The maximum absolute atomic E-state index is 13.1. The number of nitrogens with zero attached hydrogens (tertiary/aromatic N) is 2. The van der Waals surface area contributed by atoms with Gasteiger partial charge in [0, 0.05) is 24.7 Å². The van der Waals surface area contributed by atoms with Gasteiger partial charge in [-0.3, -0.25) is 9.59 Å². The molecule has 4 rings (SSSR count). The van der Waals surface area contributed by atoms with E-state index in [1.54, 1.807) is 9.80 Å². The zero-order valence-corrected chi connectivity index (χ0v) is 15.5. The first-order valence-electron chi connectivity index (χ1n) is 9.44. The quantitative estimate of drug-likeness (QED) is 0.857. The number of aliphatic hydroxyl groups excluding tert-OH is 1. The van der Waals surface area contributed by atoms with Crippen molar-refractivity contribution in [3.63, 3.8) is 0 Å². The molecule has 2 aliphatic rings. The fourth-order valence-corrected chi connectivity index (χ4v) is 4.17. The minimum absolute atomic E-state index is 0.00495. The molecule has 1 aliphatic heterocycles. The van der Waals surface area contributed by atoms with E-state index in [1.807, 2.05) is 61.5 Å². The molecule has 5 nitrogen and oxygen atoms in total. The zero-order valence-electron chi connectivity index (χ0n) is 15.5. The average Bonchev–Trinajstić information content (AvgIpc) is 3.46. The van der Waals surface area contributed by atoms with Gasteiger partial charge in [-0.25, -0.2) is 0 Å². The van der Waals surface area contributed by atoms with Crippen LogP contribution in [0.1, 0.15) is 30.4 Å². The van der Waals surface area contributed by atoms with E-state index in [9.17, 15) is 14.7 Å². The van der Waals surface area contributed by atoms with Crippen LogP contribution in [0.2, 0.25) is 0 Å². The van der Waals surface area contributed by atoms with Crippen LogP contribution < -0.4 is 4.90 Å². The average molecular weight is 364 g/mol. The van der Waals surface area contributed by atoms with Gasteiger partial charge >= 0.3 is 0 Å². The number of carbonyl (C=O) groups excluding carboxylic acids is 2. The van der Waals surface area contributed by atoms with Crippen LogP contribution in [0.3, 0.4) is 0 Å². The van der Waals surface area contributed by atoms with Gasteiger partial charge in [-0.15, -0.1) is 0 Å². The van der Waals surface area contributed by atoms with Crippen LogP contribution in [-0.2, 0) is 16.1 Å². The van der Waals surface area contributed by atoms with Gasteiger partial charge in [0.15, 0.2) is 0 Å². The monoisotopic (exact) mass is 364 g/mol. The van der Waals surface area contributed by atoms with Crippen molar-refractivity contribution >= 4 is 17.5 Å². The predicted octanol–water partition coefficient (Wildman–Crippen LogP) is 2.55. The van der Waals surface area contributed by atoms with E-state index in [4.69, 9.17) is 0 Å². The third-order valence-electron chi connectivity index (χ3n) is 5.88. The van der Waals surface area contributed by atoms with Crippen molar-refractivity contribution in [2.45, 2.75) is 25.8 Å². The number of likely N-dealkylation sites (N-methyl/N-ethyl adjacent to an activating group) is 1. The van der Waals surface area contributed by atoms with E-state index in [0.717, 1.165) is 16.8 Å². The molecular weight excluding hydrogens is 340 g/mol. The van der Waals surface area contributed by atoms with Crippen LogP contribution in [0.15, 0.2) is 54.6 Å². The molecule has 1 fully saturated rings. The largest absolute Gasteiger partial charge is 0.395 e. The molecule has 0 spiro atoms. The number of fused-ring (bicyclic) bond motifs is 3. The van der Waals surface area contributed by atoms with E-state index in [2.05, 4.69) is 0 Å². The molecule has 2 atom stereocenters. The molecule has 2 amide bonds. The first-order chi connectivity index (χ1) is 13.1. The Hall–Kier alpha value is -2.66. The Kier molecular flexibility index (Phi) is 4.48. The second-order valence-corrected chi connectivity index (χ2v) is 7.41. The van der Waals surface area contributed by atoms with Crippen LogP contribution >= 0.6 is 0 Å². The molecular formula is C22H24N2O3. The summed E-state index contributed by atoms with van der Waals surface area (Å²) in [5.74, 6) is -0.140. The lowest BCUT2D eigenvalue weighted by atomic mass is 9.92. The summed E-state index contributed by atoms with van der Waals surface area (Å²) in [5.41, 5.74) is 2.20. The molecule has 1 saturated carbocycles. The molecule has 27 heavy (non-hydrogen) atoms. The molecule has 1 N–H and O–H groups in total. The van der Waals surface area contributed by atoms with Crippen molar-refractivity contribution in [3.05, 3.63) is 65.7 Å². The SMILES string of the molecule is CCN(Cc1ccccc1)C(=O)CN1C(=O)[C@@]2(CO)C[C@H]2c2ccccc21. The third-order valence-corrected chi connectivity index (χ3v) is 5.88. The lowest BCUT2D eigenvalue weighted by molar-refractivity contribution is -0.133. The first kappa shape index (κ1) is 17.7. The summed E-state index contributed by atoms with van der Waals surface area (Å²) in [6, 6.07) is 17.6. The highest BCUT2D eigenvalue weighted by molar-refractivity contribution is 6.07. The van der Waals surface area contributed by atoms with Crippen LogP contribution in [-0.4, -0.2) is 41.5 Å². The van der Waals surface area contributed by atoms with Crippen molar-refractivity contribution < 1.29 is 14.7 Å². The van der Waals surface area contributed by atoms with Crippen molar-refractivity contribution in [2.75, 3.05) is 24.6 Å². The Morgan fingerprint density at radius 1 is 1.19 bits per heavy atom. The van der Waals surface area contributed by atoms with Gasteiger partial charge in [0.2, 0.25) is 11.8 Å². The number of benzene rings is 2. The van der Waals surface area contributed by atoms with Crippen LogP contribution in [0, 0.1) is 5.41 Å². The minimum atomic E-state index is -0.731. The van der Waals surface area contributed by atoms with E-state index in [0.29, 0.717) is 19.5 Å². The second-order valence-electron chi connectivity index (χ2n) is 7.41. The Balaban J connectivity index is 1.57. The molecule has 1 heterocycles.